The summed E-state index contributed by atoms with van der Waals surface area (Å²) in [4.78, 5) is 3.99. The fraction of sp³-hybridized carbons (Fsp3) is 0.133. The number of aliphatic imine (C=N–C) groups is 1. The number of rotatable bonds is 4. The van der Waals surface area contributed by atoms with Gasteiger partial charge in [0.2, 0.25) is 0 Å². The summed E-state index contributed by atoms with van der Waals surface area (Å²) in [5.41, 5.74) is 0.686. The Kier molecular flexibility index (Phi) is 4.30. The molecule has 5 heteroatoms. The third-order valence-corrected chi connectivity index (χ3v) is 2.59. The molecule has 0 aliphatic carbocycles. The fourth-order valence-corrected chi connectivity index (χ4v) is 1.62. The van der Waals surface area contributed by atoms with Gasteiger partial charge in [-0.3, -0.25) is 4.99 Å². The zero-order valence-corrected chi connectivity index (χ0v) is 10.8. The highest BCUT2D eigenvalue weighted by Gasteiger charge is 2.06. The predicted octanol–water partition coefficient (Wildman–Crippen LogP) is 3.82. The van der Waals surface area contributed by atoms with Crippen molar-refractivity contribution in [1.29, 1.82) is 0 Å². The van der Waals surface area contributed by atoms with Crippen molar-refractivity contribution in [3.8, 4) is 11.5 Å². The first kappa shape index (κ1) is 14.0. The Morgan fingerprint density at radius 1 is 1.20 bits per heavy atom. The lowest BCUT2D eigenvalue weighted by Gasteiger charge is -2.07. The largest absolute Gasteiger partial charge is 0.504 e. The van der Waals surface area contributed by atoms with Crippen LogP contribution in [-0.2, 0) is 0 Å². The van der Waals surface area contributed by atoms with Gasteiger partial charge in [0.05, 0.1) is 12.3 Å². The molecule has 0 aromatic heterocycles. The van der Waals surface area contributed by atoms with E-state index in [9.17, 15) is 13.9 Å². The molecule has 3 nitrogen and oxygen atoms in total. The molecule has 2 aromatic carbocycles. The first-order valence-corrected chi connectivity index (χ1v) is 6.05. The van der Waals surface area contributed by atoms with Gasteiger partial charge in [0, 0.05) is 17.8 Å². The topological polar surface area (TPSA) is 41.8 Å². The van der Waals surface area contributed by atoms with Crippen molar-refractivity contribution in [2.24, 2.45) is 4.99 Å². The summed E-state index contributed by atoms with van der Waals surface area (Å²) in [5, 5.41) is 9.95. The summed E-state index contributed by atoms with van der Waals surface area (Å²) in [5.74, 6) is -1.58. The van der Waals surface area contributed by atoms with Crippen LogP contribution in [0, 0.1) is 11.6 Å². The van der Waals surface area contributed by atoms with E-state index in [0.29, 0.717) is 17.9 Å². The summed E-state index contributed by atoms with van der Waals surface area (Å²) >= 11 is 0. The lowest BCUT2D eigenvalue weighted by Crippen LogP contribution is -1.93. The molecule has 0 aliphatic heterocycles. The van der Waals surface area contributed by atoms with Crippen LogP contribution in [0.2, 0.25) is 0 Å². The zero-order valence-electron chi connectivity index (χ0n) is 10.8. The summed E-state index contributed by atoms with van der Waals surface area (Å²) in [6.07, 6.45) is 1.37. The van der Waals surface area contributed by atoms with Crippen molar-refractivity contribution < 1.29 is 18.6 Å². The van der Waals surface area contributed by atoms with E-state index in [1.165, 1.54) is 12.3 Å². The maximum Gasteiger partial charge on any atom is 0.166 e. The minimum atomic E-state index is -0.966. The SMILES string of the molecule is CCOc1cccc(C=Nc2ccc(F)c(F)c2)c1O. The highest BCUT2D eigenvalue weighted by Crippen LogP contribution is 2.29. The number of phenols is 1. The van der Waals surface area contributed by atoms with Gasteiger partial charge in [-0.25, -0.2) is 8.78 Å². The Balaban J connectivity index is 2.27. The molecule has 0 unspecified atom stereocenters. The highest BCUT2D eigenvalue weighted by atomic mass is 19.2. The molecular weight excluding hydrogens is 264 g/mol. The van der Waals surface area contributed by atoms with E-state index < -0.39 is 11.6 Å². The number of hydrogen-bond acceptors (Lipinski definition) is 3. The van der Waals surface area contributed by atoms with Gasteiger partial charge in [-0.05, 0) is 31.2 Å². The first-order valence-electron chi connectivity index (χ1n) is 6.05. The van der Waals surface area contributed by atoms with Gasteiger partial charge in [0.25, 0.3) is 0 Å². The average Bonchev–Trinajstić information content (AvgIpc) is 2.44. The Hall–Kier alpha value is -2.43. The minimum Gasteiger partial charge on any atom is -0.504 e. The number of halogens is 2. The average molecular weight is 277 g/mol. The van der Waals surface area contributed by atoms with E-state index in [1.54, 1.807) is 18.2 Å². The molecule has 0 spiro atoms. The zero-order chi connectivity index (χ0) is 14.5. The molecule has 0 fully saturated rings. The molecule has 1 N–H and O–H groups in total. The van der Waals surface area contributed by atoms with Crippen LogP contribution in [0.25, 0.3) is 0 Å². The summed E-state index contributed by atoms with van der Waals surface area (Å²) in [6, 6.07) is 8.30. The van der Waals surface area contributed by atoms with E-state index >= 15 is 0 Å². The maximum absolute atomic E-state index is 13.0. The molecule has 0 atom stereocenters. The number of ether oxygens (including phenoxy) is 1. The number of phenolic OH excluding ortho intramolecular Hbond substituents is 1. The molecule has 104 valence electrons. The second-order valence-corrected chi connectivity index (χ2v) is 3.98. The van der Waals surface area contributed by atoms with E-state index in [-0.39, 0.29) is 11.4 Å². The lowest BCUT2D eigenvalue weighted by molar-refractivity contribution is 0.318. The molecule has 0 aliphatic rings. The first-order chi connectivity index (χ1) is 9.61. The molecule has 0 saturated heterocycles. The number of hydrogen-bond donors (Lipinski definition) is 1. The molecule has 0 heterocycles. The summed E-state index contributed by atoms with van der Waals surface area (Å²) in [7, 11) is 0. The quantitative estimate of drug-likeness (QED) is 0.863. The van der Waals surface area contributed by atoms with Crippen molar-refractivity contribution in [3.05, 3.63) is 53.6 Å². The second-order valence-electron chi connectivity index (χ2n) is 3.98. The second kappa shape index (κ2) is 6.14. The molecule has 2 rings (SSSR count). The summed E-state index contributed by atoms with van der Waals surface area (Å²) in [6.45, 7) is 2.23. The van der Waals surface area contributed by atoms with Gasteiger partial charge in [0.1, 0.15) is 0 Å². The maximum atomic E-state index is 13.0. The van der Waals surface area contributed by atoms with Gasteiger partial charge in [0.15, 0.2) is 23.1 Å². The molecule has 0 radical (unpaired) electrons. The van der Waals surface area contributed by atoms with Crippen LogP contribution in [0.3, 0.4) is 0 Å². The smallest absolute Gasteiger partial charge is 0.166 e. The Morgan fingerprint density at radius 2 is 2.00 bits per heavy atom. The van der Waals surface area contributed by atoms with E-state index in [0.717, 1.165) is 12.1 Å². The number of benzene rings is 2. The highest BCUT2D eigenvalue weighted by molar-refractivity contribution is 5.86. The Morgan fingerprint density at radius 3 is 2.70 bits per heavy atom. The Bertz CT molecular complexity index is 642. The van der Waals surface area contributed by atoms with Crippen LogP contribution in [-0.4, -0.2) is 17.9 Å². The van der Waals surface area contributed by atoms with E-state index in [2.05, 4.69) is 4.99 Å². The van der Waals surface area contributed by atoms with E-state index in [1.807, 2.05) is 6.92 Å². The van der Waals surface area contributed by atoms with Crippen molar-refractivity contribution in [2.45, 2.75) is 6.92 Å². The molecule has 2 aromatic rings. The standard InChI is InChI=1S/C15H13F2NO2/c1-2-20-14-5-3-4-10(15(14)19)9-18-11-6-7-12(16)13(17)8-11/h3-9,19H,2H2,1H3. The molecule has 0 amide bonds. The van der Waals surface area contributed by atoms with Gasteiger partial charge in [-0.15, -0.1) is 0 Å². The number of para-hydroxylation sites is 1. The third-order valence-electron chi connectivity index (χ3n) is 2.59. The summed E-state index contributed by atoms with van der Waals surface area (Å²) < 4.78 is 31.1. The van der Waals surface area contributed by atoms with Crippen LogP contribution in [0.1, 0.15) is 12.5 Å². The number of nitrogens with zero attached hydrogens (tertiary/aromatic N) is 1. The van der Waals surface area contributed by atoms with Crippen LogP contribution >= 0.6 is 0 Å². The predicted molar refractivity (Wildman–Crippen MR) is 72.9 cm³/mol. The van der Waals surface area contributed by atoms with Crippen molar-refractivity contribution in [3.63, 3.8) is 0 Å². The third kappa shape index (κ3) is 3.12. The van der Waals surface area contributed by atoms with Crippen molar-refractivity contribution in [1.82, 2.24) is 0 Å². The van der Waals surface area contributed by atoms with Crippen molar-refractivity contribution in [2.75, 3.05) is 6.61 Å². The van der Waals surface area contributed by atoms with Crippen LogP contribution in [0.4, 0.5) is 14.5 Å². The van der Waals surface area contributed by atoms with E-state index in [4.69, 9.17) is 4.74 Å². The van der Waals surface area contributed by atoms with Crippen LogP contribution < -0.4 is 4.74 Å². The molecular formula is C15H13F2NO2. The van der Waals surface area contributed by atoms with Crippen LogP contribution in [0.15, 0.2) is 41.4 Å². The molecule has 0 bridgehead atoms. The monoisotopic (exact) mass is 277 g/mol. The molecule has 0 saturated carbocycles. The Labute approximate surface area is 115 Å². The molecule has 20 heavy (non-hydrogen) atoms. The minimum absolute atomic E-state index is 0.0410. The normalized spacial score (nSPS) is 10.9. The van der Waals surface area contributed by atoms with Crippen LogP contribution in [0.5, 0.6) is 11.5 Å². The van der Waals surface area contributed by atoms with Gasteiger partial charge >= 0.3 is 0 Å². The van der Waals surface area contributed by atoms with Gasteiger partial charge < -0.3 is 9.84 Å². The fourth-order valence-electron chi connectivity index (χ4n) is 1.62. The number of aromatic hydroxyl groups is 1. The van der Waals surface area contributed by atoms with Gasteiger partial charge in [-0.1, -0.05) is 6.07 Å². The van der Waals surface area contributed by atoms with Gasteiger partial charge in [-0.2, -0.15) is 0 Å². The van der Waals surface area contributed by atoms with Crippen molar-refractivity contribution >= 4 is 11.9 Å². The lowest BCUT2D eigenvalue weighted by atomic mass is 10.2.